The second-order valence-corrected chi connectivity index (χ2v) is 2.62. The number of carbonyl (C=O) groups excluding carboxylic acids is 1. The summed E-state index contributed by atoms with van der Waals surface area (Å²) in [6, 6.07) is 3.87. The van der Waals surface area contributed by atoms with E-state index in [0.717, 1.165) is 12.0 Å². The van der Waals surface area contributed by atoms with Gasteiger partial charge in [0.1, 0.15) is 5.78 Å². The molecule has 1 radical (unpaired) electrons. The Morgan fingerprint density at radius 1 is 1.67 bits per heavy atom. The highest BCUT2D eigenvalue weighted by molar-refractivity contribution is 5.86. The lowest BCUT2D eigenvalue weighted by Gasteiger charge is -1.97. The highest BCUT2D eigenvalue weighted by atomic mass is 16.1. The van der Waals surface area contributed by atoms with Crippen molar-refractivity contribution in [3.63, 3.8) is 0 Å². The van der Waals surface area contributed by atoms with Crippen LogP contribution in [0.15, 0.2) is 24.5 Å². The first-order valence-corrected chi connectivity index (χ1v) is 4.04. The van der Waals surface area contributed by atoms with Crippen molar-refractivity contribution in [2.45, 2.75) is 19.8 Å². The summed E-state index contributed by atoms with van der Waals surface area (Å²) < 4.78 is 0. The van der Waals surface area contributed by atoms with Gasteiger partial charge >= 0.3 is 0 Å². The zero-order valence-electron chi connectivity index (χ0n) is 7.16. The molecule has 0 aliphatic heterocycles. The molecule has 63 valence electrons. The SMILES string of the molecule is C[CH]C(=O)CCc1cccnc1. The van der Waals surface area contributed by atoms with Crippen LogP contribution in [0.3, 0.4) is 0 Å². The van der Waals surface area contributed by atoms with Gasteiger partial charge in [-0.25, -0.2) is 0 Å². The van der Waals surface area contributed by atoms with E-state index in [9.17, 15) is 4.79 Å². The number of nitrogens with zero attached hydrogens (tertiary/aromatic N) is 1. The third-order valence-corrected chi connectivity index (χ3v) is 1.70. The number of hydrogen-bond donors (Lipinski definition) is 0. The van der Waals surface area contributed by atoms with Gasteiger partial charge in [-0.05, 0) is 18.1 Å². The van der Waals surface area contributed by atoms with E-state index in [1.54, 1.807) is 25.7 Å². The minimum atomic E-state index is 0.193. The van der Waals surface area contributed by atoms with Gasteiger partial charge in [-0.3, -0.25) is 9.78 Å². The predicted octanol–water partition coefficient (Wildman–Crippen LogP) is 1.81. The number of carbonyl (C=O) groups is 1. The van der Waals surface area contributed by atoms with Crippen LogP contribution in [-0.2, 0) is 11.2 Å². The Balaban J connectivity index is 2.38. The molecule has 1 aromatic heterocycles. The van der Waals surface area contributed by atoms with Gasteiger partial charge in [0, 0.05) is 25.2 Å². The van der Waals surface area contributed by atoms with Crippen LogP contribution in [0.5, 0.6) is 0 Å². The number of ketones is 1. The van der Waals surface area contributed by atoms with Crippen molar-refractivity contribution in [2.75, 3.05) is 0 Å². The van der Waals surface area contributed by atoms with E-state index in [0.29, 0.717) is 6.42 Å². The molecule has 1 aromatic rings. The summed E-state index contributed by atoms with van der Waals surface area (Å²) in [5, 5.41) is 0. The van der Waals surface area contributed by atoms with E-state index >= 15 is 0 Å². The highest BCUT2D eigenvalue weighted by Crippen LogP contribution is 2.01. The molecule has 1 rings (SSSR count). The summed E-state index contributed by atoms with van der Waals surface area (Å²) in [5.74, 6) is 0.193. The lowest BCUT2D eigenvalue weighted by atomic mass is 10.1. The van der Waals surface area contributed by atoms with Crippen molar-refractivity contribution < 1.29 is 4.79 Å². The van der Waals surface area contributed by atoms with E-state index in [4.69, 9.17) is 0 Å². The summed E-state index contributed by atoms with van der Waals surface area (Å²) >= 11 is 0. The van der Waals surface area contributed by atoms with Gasteiger partial charge in [0.25, 0.3) is 0 Å². The van der Waals surface area contributed by atoms with Crippen molar-refractivity contribution in [1.82, 2.24) is 4.98 Å². The summed E-state index contributed by atoms with van der Waals surface area (Å²) in [6.07, 6.45) is 6.51. The lowest BCUT2D eigenvalue weighted by molar-refractivity contribution is -0.115. The fraction of sp³-hybridized carbons (Fsp3) is 0.300. The largest absolute Gasteiger partial charge is 0.299 e. The maximum absolute atomic E-state index is 10.9. The number of aromatic nitrogens is 1. The Morgan fingerprint density at radius 3 is 3.08 bits per heavy atom. The third kappa shape index (κ3) is 2.82. The molecule has 0 bridgehead atoms. The topological polar surface area (TPSA) is 30.0 Å². The van der Waals surface area contributed by atoms with Gasteiger partial charge in [-0.15, -0.1) is 0 Å². The molecule has 1 heterocycles. The molecular formula is C10H12NO. The summed E-state index contributed by atoms with van der Waals surface area (Å²) in [6.45, 7) is 1.77. The minimum Gasteiger partial charge on any atom is -0.299 e. The number of rotatable bonds is 4. The first-order valence-electron chi connectivity index (χ1n) is 4.04. The van der Waals surface area contributed by atoms with Crippen LogP contribution in [0.25, 0.3) is 0 Å². The van der Waals surface area contributed by atoms with Crippen molar-refractivity contribution in [1.29, 1.82) is 0 Å². The van der Waals surface area contributed by atoms with Crippen molar-refractivity contribution in [3.8, 4) is 0 Å². The maximum Gasteiger partial charge on any atom is 0.136 e. The van der Waals surface area contributed by atoms with Crippen LogP contribution in [0.1, 0.15) is 18.9 Å². The molecule has 0 saturated heterocycles. The molecule has 0 amide bonds. The second kappa shape index (κ2) is 4.65. The normalized spacial score (nSPS) is 9.75. The van der Waals surface area contributed by atoms with Crippen molar-refractivity contribution in [3.05, 3.63) is 36.5 Å². The maximum atomic E-state index is 10.9. The van der Waals surface area contributed by atoms with Gasteiger partial charge in [-0.2, -0.15) is 0 Å². The van der Waals surface area contributed by atoms with Crippen molar-refractivity contribution in [2.24, 2.45) is 0 Å². The van der Waals surface area contributed by atoms with Gasteiger partial charge in [-0.1, -0.05) is 13.0 Å². The van der Waals surface area contributed by atoms with Crippen LogP contribution in [0, 0.1) is 6.42 Å². The molecule has 2 heteroatoms. The molecule has 12 heavy (non-hydrogen) atoms. The molecule has 0 saturated carbocycles. The fourth-order valence-electron chi connectivity index (χ4n) is 0.958. The monoisotopic (exact) mass is 162 g/mol. The third-order valence-electron chi connectivity index (χ3n) is 1.70. The Bertz CT molecular complexity index is 243. The Hall–Kier alpha value is -1.18. The smallest absolute Gasteiger partial charge is 0.136 e. The molecule has 0 aliphatic rings. The standard InChI is InChI=1S/C10H12NO/c1-2-10(12)6-5-9-4-3-7-11-8-9/h2-4,7-8H,5-6H2,1H3. The van der Waals surface area contributed by atoms with E-state index in [2.05, 4.69) is 4.98 Å². The zero-order valence-corrected chi connectivity index (χ0v) is 7.16. The van der Waals surface area contributed by atoms with Crippen LogP contribution in [0.4, 0.5) is 0 Å². The molecule has 0 atom stereocenters. The van der Waals surface area contributed by atoms with Crippen LogP contribution in [0.2, 0.25) is 0 Å². The predicted molar refractivity (Wildman–Crippen MR) is 47.5 cm³/mol. The molecule has 0 fully saturated rings. The van der Waals surface area contributed by atoms with Crippen molar-refractivity contribution >= 4 is 5.78 Å². The number of pyridine rings is 1. The average molecular weight is 162 g/mol. The van der Waals surface area contributed by atoms with E-state index in [1.165, 1.54) is 0 Å². The van der Waals surface area contributed by atoms with Gasteiger partial charge in [0.2, 0.25) is 0 Å². The zero-order chi connectivity index (χ0) is 8.81. The molecular weight excluding hydrogens is 150 g/mol. The molecule has 2 nitrogen and oxygen atoms in total. The van der Waals surface area contributed by atoms with Crippen LogP contribution >= 0.6 is 0 Å². The van der Waals surface area contributed by atoms with Gasteiger partial charge in [0.15, 0.2) is 0 Å². The van der Waals surface area contributed by atoms with Gasteiger partial charge in [0.05, 0.1) is 0 Å². The molecule has 0 N–H and O–H groups in total. The Kier molecular flexibility index (Phi) is 3.45. The fourth-order valence-corrected chi connectivity index (χ4v) is 0.958. The summed E-state index contributed by atoms with van der Waals surface area (Å²) in [5.41, 5.74) is 1.12. The first-order chi connectivity index (χ1) is 5.83. The average Bonchev–Trinajstić information content (AvgIpc) is 2.16. The summed E-state index contributed by atoms with van der Waals surface area (Å²) in [7, 11) is 0. The highest BCUT2D eigenvalue weighted by Gasteiger charge is 1.98. The number of hydrogen-bond acceptors (Lipinski definition) is 2. The molecule has 0 aliphatic carbocycles. The molecule has 0 aromatic carbocycles. The van der Waals surface area contributed by atoms with E-state index in [1.807, 2.05) is 12.1 Å². The lowest BCUT2D eigenvalue weighted by Crippen LogP contribution is -1.98. The first kappa shape index (κ1) is 8.91. The Labute approximate surface area is 72.6 Å². The minimum absolute atomic E-state index is 0.193. The van der Waals surface area contributed by atoms with Crippen LogP contribution < -0.4 is 0 Å². The summed E-state index contributed by atoms with van der Waals surface area (Å²) in [4.78, 5) is 14.9. The van der Waals surface area contributed by atoms with E-state index < -0.39 is 0 Å². The van der Waals surface area contributed by atoms with Gasteiger partial charge < -0.3 is 0 Å². The molecule has 0 spiro atoms. The van der Waals surface area contributed by atoms with Crippen LogP contribution in [-0.4, -0.2) is 10.8 Å². The Morgan fingerprint density at radius 2 is 2.50 bits per heavy atom. The van der Waals surface area contributed by atoms with E-state index in [-0.39, 0.29) is 5.78 Å². The number of aryl methyl sites for hydroxylation is 1. The second-order valence-electron chi connectivity index (χ2n) is 2.62. The molecule has 0 unspecified atom stereocenters. The number of Topliss-reactive ketones (excluding diaryl/α,β-unsaturated/α-hetero) is 1. The quantitative estimate of drug-likeness (QED) is 0.675.